The minimum Gasteiger partial charge on any atom is -0.351 e. The molecule has 0 aromatic carbocycles. The molecule has 0 saturated heterocycles. The maximum absolute atomic E-state index is 11.6. The van der Waals surface area contributed by atoms with E-state index in [1.54, 1.807) is 19.3 Å². The van der Waals surface area contributed by atoms with Crippen LogP contribution in [0, 0.1) is 6.92 Å². The Morgan fingerprint density at radius 1 is 1.62 bits per heavy atom. The highest BCUT2D eigenvalue weighted by molar-refractivity contribution is 5.92. The fourth-order valence-electron chi connectivity index (χ4n) is 1.32. The Morgan fingerprint density at radius 2 is 2.50 bits per heavy atom. The summed E-state index contributed by atoms with van der Waals surface area (Å²) in [5, 5.41) is 6.28. The number of hydrogen-bond acceptors (Lipinski definition) is 4. The van der Waals surface area contributed by atoms with E-state index in [2.05, 4.69) is 20.4 Å². The van der Waals surface area contributed by atoms with Crippen LogP contribution in [-0.4, -0.2) is 27.6 Å². The predicted octanol–water partition coefficient (Wildman–Crippen LogP) is 0.679. The number of nitrogens with one attached hydrogen (secondary N) is 2. The van der Waals surface area contributed by atoms with Crippen molar-refractivity contribution in [2.24, 2.45) is 0 Å². The van der Waals surface area contributed by atoms with Gasteiger partial charge < -0.3 is 14.8 Å². The summed E-state index contributed by atoms with van der Waals surface area (Å²) >= 11 is 0. The monoisotopic (exact) mass is 220 g/mol. The molecule has 84 valence electrons. The number of carbonyl (C=O) groups excluding carboxylic acids is 1. The van der Waals surface area contributed by atoms with Gasteiger partial charge in [0.1, 0.15) is 5.82 Å². The third kappa shape index (κ3) is 2.28. The van der Waals surface area contributed by atoms with Crippen LogP contribution in [0.15, 0.2) is 23.1 Å². The molecular formula is C10H12N4O2. The molecule has 2 N–H and O–H groups in total. The van der Waals surface area contributed by atoms with Gasteiger partial charge in [0.15, 0.2) is 0 Å². The van der Waals surface area contributed by atoms with E-state index in [0.29, 0.717) is 13.0 Å². The summed E-state index contributed by atoms with van der Waals surface area (Å²) < 4.78 is 4.83. The second-order valence-electron chi connectivity index (χ2n) is 3.38. The van der Waals surface area contributed by atoms with Crippen LogP contribution < -0.4 is 5.32 Å². The van der Waals surface area contributed by atoms with Crippen LogP contribution >= 0.6 is 0 Å². The van der Waals surface area contributed by atoms with E-state index < -0.39 is 0 Å². The van der Waals surface area contributed by atoms with Gasteiger partial charge in [-0.2, -0.15) is 0 Å². The maximum atomic E-state index is 11.6. The highest BCUT2D eigenvalue weighted by Crippen LogP contribution is 2.04. The molecule has 0 aliphatic rings. The molecule has 0 aliphatic heterocycles. The highest BCUT2D eigenvalue weighted by Gasteiger charge is 2.13. The molecule has 0 bridgehead atoms. The van der Waals surface area contributed by atoms with Crippen molar-refractivity contribution in [3.8, 4) is 0 Å². The van der Waals surface area contributed by atoms with Gasteiger partial charge in [-0.15, -0.1) is 0 Å². The van der Waals surface area contributed by atoms with E-state index in [4.69, 9.17) is 4.52 Å². The number of H-pyrrole nitrogens is 1. The fraction of sp³-hybridized carbons (Fsp3) is 0.300. The summed E-state index contributed by atoms with van der Waals surface area (Å²) in [5.41, 5.74) is 0.732. The lowest BCUT2D eigenvalue weighted by atomic mass is 10.3. The smallest absolute Gasteiger partial charge is 0.290 e. The zero-order chi connectivity index (χ0) is 11.4. The lowest BCUT2D eigenvalue weighted by molar-refractivity contribution is 0.0916. The van der Waals surface area contributed by atoms with Gasteiger partial charge in [-0.25, -0.2) is 4.98 Å². The topological polar surface area (TPSA) is 83.8 Å². The van der Waals surface area contributed by atoms with E-state index in [9.17, 15) is 4.79 Å². The summed E-state index contributed by atoms with van der Waals surface area (Å²) in [6, 6.07) is 0. The summed E-state index contributed by atoms with van der Waals surface area (Å²) in [5.74, 6) is 0.857. The molecule has 0 atom stereocenters. The molecule has 2 aromatic heterocycles. The minimum absolute atomic E-state index is 0.249. The first-order valence-corrected chi connectivity index (χ1v) is 4.95. The summed E-state index contributed by atoms with van der Waals surface area (Å²) in [6.45, 7) is 2.28. The lowest BCUT2D eigenvalue weighted by Crippen LogP contribution is -2.26. The van der Waals surface area contributed by atoms with E-state index >= 15 is 0 Å². The van der Waals surface area contributed by atoms with Crippen molar-refractivity contribution in [2.45, 2.75) is 13.3 Å². The maximum Gasteiger partial charge on any atom is 0.290 e. The van der Waals surface area contributed by atoms with Gasteiger partial charge in [0, 0.05) is 30.9 Å². The molecule has 0 spiro atoms. The molecule has 0 unspecified atom stereocenters. The SMILES string of the molecule is Cc1cnoc1C(=O)NCCc1ncc[nH]1. The number of aryl methyl sites for hydroxylation is 1. The number of aromatic amines is 1. The first-order chi connectivity index (χ1) is 7.77. The predicted molar refractivity (Wildman–Crippen MR) is 55.9 cm³/mol. The van der Waals surface area contributed by atoms with Gasteiger partial charge in [0.2, 0.25) is 5.76 Å². The second kappa shape index (κ2) is 4.61. The Hall–Kier alpha value is -2.11. The molecular weight excluding hydrogens is 208 g/mol. The van der Waals surface area contributed by atoms with E-state index in [-0.39, 0.29) is 11.7 Å². The molecule has 16 heavy (non-hydrogen) atoms. The van der Waals surface area contributed by atoms with Crippen LogP contribution in [0.5, 0.6) is 0 Å². The average Bonchev–Trinajstić information content (AvgIpc) is 2.88. The van der Waals surface area contributed by atoms with E-state index in [0.717, 1.165) is 11.4 Å². The summed E-state index contributed by atoms with van der Waals surface area (Å²) in [4.78, 5) is 18.6. The Balaban J connectivity index is 1.83. The van der Waals surface area contributed by atoms with E-state index in [1.165, 1.54) is 6.20 Å². The molecule has 2 aromatic rings. The summed E-state index contributed by atoms with van der Waals surface area (Å²) in [7, 11) is 0. The molecule has 0 radical (unpaired) electrons. The Morgan fingerprint density at radius 3 is 3.12 bits per heavy atom. The van der Waals surface area contributed by atoms with Crippen molar-refractivity contribution in [1.29, 1.82) is 0 Å². The largest absolute Gasteiger partial charge is 0.351 e. The van der Waals surface area contributed by atoms with Crippen molar-refractivity contribution < 1.29 is 9.32 Å². The van der Waals surface area contributed by atoms with Crippen molar-refractivity contribution in [3.05, 3.63) is 35.7 Å². The minimum atomic E-state index is -0.249. The van der Waals surface area contributed by atoms with Crippen molar-refractivity contribution in [3.63, 3.8) is 0 Å². The molecule has 0 fully saturated rings. The normalized spacial score (nSPS) is 10.3. The molecule has 6 heteroatoms. The van der Waals surface area contributed by atoms with Gasteiger partial charge >= 0.3 is 0 Å². The molecule has 6 nitrogen and oxygen atoms in total. The number of nitrogens with zero attached hydrogens (tertiary/aromatic N) is 2. The Labute approximate surface area is 92.1 Å². The standard InChI is InChI=1S/C10H12N4O2/c1-7-6-14-16-9(7)10(15)13-3-2-8-11-4-5-12-8/h4-6H,2-3H2,1H3,(H,11,12)(H,13,15). The first-order valence-electron chi connectivity index (χ1n) is 4.95. The quantitative estimate of drug-likeness (QED) is 0.793. The number of imidazole rings is 1. The zero-order valence-electron chi connectivity index (χ0n) is 8.86. The highest BCUT2D eigenvalue weighted by atomic mass is 16.5. The van der Waals surface area contributed by atoms with Crippen LogP contribution in [-0.2, 0) is 6.42 Å². The number of amides is 1. The fourth-order valence-corrected chi connectivity index (χ4v) is 1.32. The molecule has 0 aliphatic carbocycles. The molecule has 2 heterocycles. The third-order valence-corrected chi connectivity index (χ3v) is 2.16. The van der Waals surface area contributed by atoms with Gasteiger partial charge in [-0.05, 0) is 6.92 Å². The Kier molecular flexibility index (Phi) is 3.00. The van der Waals surface area contributed by atoms with Gasteiger partial charge in [-0.1, -0.05) is 5.16 Å². The zero-order valence-corrected chi connectivity index (χ0v) is 8.86. The van der Waals surface area contributed by atoms with Crippen LogP contribution in [0.25, 0.3) is 0 Å². The number of rotatable bonds is 4. The second-order valence-corrected chi connectivity index (χ2v) is 3.38. The molecule has 2 rings (SSSR count). The van der Waals surface area contributed by atoms with Crippen LogP contribution in [0.1, 0.15) is 21.9 Å². The molecule has 1 amide bonds. The van der Waals surface area contributed by atoms with Crippen LogP contribution in [0.4, 0.5) is 0 Å². The molecule has 0 saturated carbocycles. The van der Waals surface area contributed by atoms with Crippen molar-refractivity contribution >= 4 is 5.91 Å². The Bertz CT molecular complexity index is 461. The number of carbonyl (C=O) groups is 1. The van der Waals surface area contributed by atoms with Crippen molar-refractivity contribution in [2.75, 3.05) is 6.54 Å². The number of aromatic nitrogens is 3. The van der Waals surface area contributed by atoms with Gasteiger partial charge in [-0.3, -0.25) is 4.79 Å². The average molecular weight is 220 g/mol. The number of hydrogen-bond donors (Lipinski definition) is 2. The lowest BCUT2D eigenvalue weighted by Gasteiger charge is -2.01. The first kappa shape index (κ1) is 10.4. The van der Waals surface area contributed by atoms with Crippen molar-refractivity contribution in [1.82, 2.24) is 20.4 Å². The van der Waals surface area contributed by atoms with Gasteiger partial charge in [0.05, 0.1) is 6.20 Å². The third-order valence-electron chi connectivity index (χ3n) is 2.16. The van der Waals surface area contributed by atoms with E-state index in [1.807, 2.05) is 0 Å². The van der Waals surface area contributed by atoms with Crippen LogP contribution in [0.2, 0.25) is 0 Å². The summed E-state index contributed by atoms with van der Waals surface area (Å²) in [6.07, 6.45) is 5.60. The van der Waals surface area contributed by atoms with Crippen LogP contribution in [0.3, 0.4) is 0 Å². The van der Waals surface area contributed by atoms with Gasteiger partial charge in [0.25, 0.3) is 5.91 Å².